The Hall–Kier alpha value is -3.80. The SMILES string of the molecule is CC(Oc1ccc(OCc2ccccc2)cc1)c1ccc(C(=O)NCCC(=O)O)cc1. The summed E-state index contributed by atoms with van der Waals surface area (Å²) in [6.45, 7) is 2.54. The number of amides is 1. The molecule has 0 aliphatic heterocycles. The van der Waals surface area contributed by atoms with Crippen LogP contribution in [-0.2, 0) is 11.4 Å². The summed E-state index contributed by atoms with van der Waals surface area (Å²) in [6, 6.07) is 24.5. The molecule has 3 rings (SSSR count). The number of nitrogens with one attached hydrogen (secondary N) is 1. The van der Waals surface area contributed by atoms with Gasteiger partial charge < -0.3 is 19.9 Å². The van der Waals surface area contributed by atoms with Gasteiger partial charge in [0.1, 0.15) is 24.2 Å². The molecule has 0 saturated carbocycles. The highest BCUT2D eigenvalue weighted by molar-refractivity contribution is 5.94. The molecular weight excluding hydrogens is 394 g/mol. The van der Waals surface area contributed by atoms with E-state index in [1.807, 2.05) is 73.7 Å². The van der Waals surface area contributed by atoms with Gasteiger partial charge in [-0.2, -0.15) is 0 Å². The van der Waals surface area contributed by atoms with Gasteiger partial charge >= 0.3 is 5.97 Å². The van der Waals surface area contributed by atoms with Crippen LogP contribution in [0, 0.1) is 0 Å². The van der Waals surface area contributed by atoms with Gasteiger partial charge in [0.05, 0.1) is 6.42 Å². The lowest BCUT2D eigenvalue weighted by atomic mass is 10.1. The lowest BCUT2D eigenvalue weighted by molar-refractivity contribution is -0.136. The van der Waals surface area contributed by atoms with Crippen molar-refractivity contribution < 1.29 is 24.2 Å². The highest BCUT2D eigenvalue weighted by Gasteiger charge is 2.10. The Morgan fingerprint density at radius 2 is 1.55 bits per heavy atom. The normalized spacial score (nSPS) is 11.4. The molecule has 0 aliphatic carbocycles. The van der Waals surface area contributed by atoms with E-state index >= 15 is 0 Å². The first-order chi connectivity index (χ1) is 15.0. The third-order valence-corrected chi connectivity index (χ3v) is 4.65. The van der Waals surface area contributed by atoms with Crippen LogP contribution < -0.4 is 14.8 Å². The smallest absolute Gasteiger partial charge is 0.305 e. The van der Waals surface area contributed by atoms with Gasteiger partial charge in [-0.05, 0) is 54.4 Å². The molecule has 3 aromatic carbocycles. The van der Waals surface area contributed by atoms with E-state index in [0.717, 1.165) is 22.6 Å². The average molecular weight is 419 g/mol. The lowest BCUT2D eigenvalue weighted by Crippen LogP contribution is -2.25. The number of benzene rings is 3. The molecule has 160 valence electrons. The molecule has 0 bridgehead atoms. The number of carboxylic acid groups (broad SMARTS) is 1. The molecule has 6 nitrogen and oxygen atoms in total. The summed E-state index contributed by atoms with van der Waals surface area (Å²) in [5.41, 5.74) is 2.50. The number of carbonyl (C=O) groups is 2. The highest BCUT2D eigenvalue weighted by atomic mass is 16.5. The molecule has 0 heterocycles. The quantitative estimate of drug-likeness (QED) is 0.501. The van der Waals surface area contributed by atoms with Crippen LogP contribution in [0.1, 0.15) is 40.9 Å². The summed E-state index contributed by atoms with van der Waals surface area (Å²) >= 11 is 0. The summed E-state index contributed by atoms with van der Waals surface area (Å²) in [4.78, 5) is 22.6. The van der Waals surface area contributed by atoms with E-state index in [-0.39, 0.29) is 25.0 Å². The number of ether oxygens (including phenoxy) is 2. The first-order valence-corrected chi connectivity index (χ1v) is 10.0. The van der Waals surface area contributed by atoms with Gasteiger partial charge in [-0.1, -0.05) is 42.5 Å². The molecular formula is C25H25NO5. The molecule has 0 radical (unpaired) electrons. The van der Waals surface area contributed by atoms with Crippen LogP contribution in [0.3, 0.4) is 0 Å². The number of carbonyl (C=O) groups excluding carboxylic acids is 1. The topological polar surface area (TPSA) is 84.9 Å². The zero-order valence-corrected chi connectivity index (χ0v) is 17.3. The minimum absolute atomic E-state index is 0.0977. The van der Waals surface area contributed by atoms with E-state index in [2.05, 4.69) is 5.32 Å². The summed E-state index contributed by atoms with van der Waals surface area (Å²) in [5.74, 6) is 0.238. The molecule has 2 N–H and O–H groups in total. The maximum Gasteiger partial charge on any atom is 0.305 e. The molecule has 0 aromatic heterocycles. The fraction of sp³-hybridized carbons (Fsp3) is 0.200. The van der Waals surface area contributed by atoms with Crippen LogP contribution in [0.15, 0.2) is 78.9 Å². The molecule has 31 heavy (non-hydrogen) atoms. The average Bonchev–Trinajstić information content (AvgIpc) is 2.79. The third-order valence-electron chi connectivity index (χ3n) is 4.65. The van der Waals surface area contributed by atoms with E-state index in [0.29, 0.717) is 12.2 Å². The van der Waals surface area contributed by atoms with Crippen molar-refractivity contribution in [2.45, 2.75) is 26.1 Å². The van der Waals surface area contributed by atoms with Gasteiger partial charge in [0.2, 0.25) is 0 Å². The minimum Gasteiger partial charge on any atom is -0.489 e. The van der Waals surface area contributed by atoms with Crippen LogP contribution in [0.5, 0.6) is 11.5 Å². The van der Waals surface area contributed by atoms with Crippen molar-refractivity contribution >= 4 is 11.9 Å². The molecule has 0 saturated heterocycles. The van der Waals surface area contributed by atoms with Crippen molar-refractivity contribution in [1.82, 2.24) is 5.32 Å². The highest BCUT2D eigenvalue weighted by Crippen LogP contribution is 2.24. The van der Waals surface area contributed by atoms with Crippen molar-refractivity contribution in [3.63, 3.8) is 0 Å². The van der Waals surface area contributed by atoms with Crippen molar-refractivity contribution in [3.8, 4) is 11.5 Å². The van der Waals surface area contributed by atoms with Crippen molar-refractivity contribution in [1.29, 1.82) is 0 Å². The summed E-state index contributed by atoms with van der Waals surface area (Å²) in [7, 11) is 0. The van der Waals surface area contributed by atoms with E-state index in [4.69, 9.17) is 14.6 Å². The Morgan fingerprint density at radius 3 is 2.19 bits per heavy atom. The monoisotopic (exact) mass is 419 g/mol. The van der Waals surface area contributed by atoms with E-state index in [9.17, 15) is 9.59 Å². The number of aliphatic carboxylic acids is 1. The number of carboxylic acids is 1. The van der Waals surface area contributed by atoms with Crippen LogP contribution >= 0.6 is 0 Å². The first-order valence-electron chi connectivity index (χ1n) is 10.0. The second kappa shape index (κ2) is 10.8. The van der Waals surface area contributed by atoms with Gasteiger partial charge in [0, 0.05) is 12.1 Å². The second-order valence-corrected chi connectivity index (χ2v) is 7.03. The molecule has 1 amide bonds. The maximum atomic E-state index is 12.0. The molecule has 0 spiro atoms. The molecule has 6 heteroatoms. The van der Waals surface area contributed by atoms with E-state index in [1.165, 1.54) is 0 Å². The van der Waals surface area contributed by atoms with Crippen LogP contribution in [-0.4, -0.2) is 23.5 Å². The van der Waals surface area contributed by atoms with Gasteiger partial charge in [-0.15, -0.1) is 0 Å². The fourth-order valence-corrected chi connectivity index (χ4v) is 2.92. The molecule has 1 unspecified atom stereocenters. The zero-order valence-electron chi connectivity index (χ0n) is 17.3. The Balaban J connectivity index is 1.50. The van der Waals surface area contributed by atoms with Crippen LogP contribution in [0.4, 0.5) is 0 Å². The van der Waals surface area contributed by atoms with Crippen molar-refractivity contribution in [2.24, 2.45) is 0 Å². The molecule has 0 fully saturated rings. The van der Waals surface area contributed by atoms with Crippen LogP contribution in [0.2, 0.25) is 0 Å². The van der Waals surface area contributed by atoms with E-state index < -0.39 is 5.97 Å². The van der Waals surface area contributed by atoms with Gasteiger partial charge in [-0.25, -0.2) is 0 Å². The maximum absolute atomic E-state index is 12.0. The van der Waals surface area contributed by atoms with Crippen molar-refractivity contribution in [2.75, 3.05) is 6.54 Å². The minimum atomic E-state index is -0.947. The zero-order chi connectivity index (χ0) is 22.1. The second-order valence-electron chi connectivity index (χ2n) is 7.03. The Kier molecular flexibility index (Phi) is 7.65. The molecule has 0 aliphatic rings. The lowest BCUT2D eigenvalue weighted by Gasteiger charge is -2.16. The van der Waals surface area contributed by atoms with Gasteiger partial charge in [-0.3, -0.25) is 9.59 Å². The van der Waals surface area contributed by atoms with Gasteiger partial charge in [0.25, 0.3) is 5.91 Å². The summed E-state index contributed by atoms with van der Waals surface area (Å²) in [5, 5.41) is 11.2. The summed E-state index contributed by atoms with van der Waals surface area (Å²) in [6.07, 6.45) is -0.315. The Labute approximate surface area is 181 Å². The van der Waals surface area contributed by atoms with Crippen molar-refractivity contribution in [3.05, 3.63) is 95.6 Å². The predicted molar refractivity (Wildman–Crippen MR) is 117 cm³/mol. The van der Waals surface area contributed by atoms with Gasteiger partial charge in [0.15, 0.2) is 0 Å². The predicted octanol–water partition coefficient (Wildman–Crippen LogP) is 4.61. The molecule has 3 aromatic rings. The third kappa shape index (κ3) is 6.89. The van der Waals surface area contributed by atoms with Crippen LogP contribution in [0.25, 0.3) is 0 Å². The fourth-order valence-electron chi connectivity index (χ4n) is 2.92. The molecule has 1 atom stereocenters. The summed E-state index contributed by atoms with van der Waals surface area (Å²) < 4.78 is 11.8. The largest absolute Gasteiger partial charge is 0.489 e. The first kappa shape index (κ1) is 21.9. The number of hydrogen-bond acceptors (Lipinski definition) is 4. The number of hydrogen-bond donors (Lipinski definition) is 2. The number of rotatable bonds is 10. The Morgan fingerprint density at radius 1 is 0.903 bits per heavy atom. The van der Waals surface area contributed by atoms with E-state index in [1.54, 1.807) is 12.1 Å². The Bertz CT molecular complexity index is 985. The standard InChI is InChI=1S/C25H25NO5/c1-18(20-7-9-21(10-8-20)25(29)26-16-15-24(27)28)31-23-13-11-22(12-14-23)30-17-19-5-3-2-4-6-19/h2-14,18H,15-17H2,1H3,(H,26,29)(H,27,28).